The molecule has 114 valence electrons. The third kappa shape index (κ3) is 2.26. The first-order chi connectivity index (χ1) is 11.2. The zero-order chi connectivity index (χ0) is 15.8. The molecule has 3 aromatic heterocycles. The summed E-state index contributed by atoms with van der Waals surface area (Å²) in [7, 11) is 0. The molecule has 0 aliphatic carbocycles. The maximum atomic E-state index is 11.0. The van der Waals surface area contributed by atoms with Crippen LogP contribution in [0.3, 0.4) is 0 Å². The lowest BCUT2D eigenvalue weighted by molar-refractivity contribution is -0.142. The van der Waals surface area contributed by atoms with Crippen molar-refractivity contribution in [3.63, 3.8) is 0 Å². The smallest absolute Gasteiger partial charge is 0.302 e. The van der Waals surface area contributed by atoms with Gasteiger partial charge in [0.1, 0.15) is 12.3 Å². The number of benzene rings is 1. The van der Waals surface area contributed by atoms with Crippen LogP contribution in [0.5, 0.6) is 0 Å². The van der Waals surface area contributed by atoms with Gasteiger partial charge in [-0.1, -0.05) is 18.2 Å². The van der Waals surface area contributed by atoms with E-state index in [-0.39, 0.29) is 12.6 Å². The number of esters is 1. The number of para-hydroxylation sites is 1. The van der Waals surface area contributed by atoms with Crippen molar-refractivity contribution >= 4 is 27.8 Å². The fraction of sp³-hybridized carbons (Fsp3) is 0.111. The summed E-state index contributed by atoms with van der Waals surface area (Å²) < 4.78 is 10.7. The third-order valence-electron chi connectivity index (χ3n) is 3.82. The van der Waals surface area contributed by atoms with E-state index >= 15 is 0 Å². The second-order valence-corrected chi connectivity index (χ2v) is 5.31. The Kier molecular flexibility index (Phi) is 3.12. The molecule has 23 heavy (non-hydrogen) atoms. The molecule has 4 aromatic rings. The molecule has 0 bridgehead atoms. The predicted octanol–water partition coefficient (Wildman–Crippen LogP) is 4.04. The highest BCUT2D eigenvalue weighted by Crippen LogP contribution is 2.33. The van der Waals surface area contributed by atoms with Gasteiger partial charge in [-0.25, -0.2) is 0 Å². The van der Waals surface area contributed by atoms with Gasteiger partial charge in [-0.3, -0.25) is 9.78 Å². The highest BCUT2D eigenvalue weighted by Gasteiger charge is 2.17. The fourth-order valence-corrected chi connectivity index (χ4v) is 2.78. The van der Waals surface area contributed by atoms with E-state index in [0.29, 0.717) is 11.5 Å². The largest absolute Gasteiger partial charge is 0.462 e. The minimum Gasteiger partial charge on any atom is -0.462 e. The van der Waals surface area contributed by atoms with E-state index in [1.54, 1.807) is 18.5 Å². The van der Waals surface area contributed by atoms with Gasteiger partial charge in [0.05, 0.1) is 11.8 Å². The number of rotatable bonds is 3. The summed E-state index contributed by atoms with van der Waals surface area (Å²) in [5.41, 5.74) is 3.46. The van der Waals surface area contributed by atoms with Gasteiger partial charge >= 0.3 is 5.97 Å². The fourth-order valence-electron chi connectivity index (χ4n) is 2.78. The molecule has 0 saturated heterocycles. The Labute approximate surface area is 131 Å². The van der Waals surface area contributed by atoms with Crippen molar-refractivity contribution in [2.24, 2.45) is 0 Å². The van der Waals surface area contributed by atoms with Crippen LogP contribution < -0.4 is 0 Å². The van der Waals surface area contributed by atoms with Crippen LogP contribution in [0.25, 0.3) is 33.3 Å². The zero-order valence-electron chi connectivity index (χ0n) is 12.5. The van der Waals surface area contributed by atoms with Crippen molar-refractivity contribution in [1.29, 1.82) is 0 Å². The number of H-pyrrole nitrogens is 1. The molecule has 1 N–H and O–H groups in total. The Morgan fingerprint density at radius 2 is 2.09 bits per heavy atom. The Balaban J connectivity index is 1.90. The summed E-state index contributed by atoms with van der Waals surface area (Å²) in [6.07, 6.45) is 3.34. The number of aromatic amines is 1. The quantitative estimate of drug-likeness (QED) is 0.580. The minimum atomic E-state index is -0.325. The van der Waals surface area contributed by atoms with E-state index < -0.39 is 0 Å². The number of fused-ring (bicyclic) bond motifs is 3. The normalized spacial score (nSPS) is 11.2. The molecule has 0 aliphatic heterocycles. The van der Waals surface area contributed by atoms with Crippen molar-refractivity contribution in [1.82, 2.24) is 9.97 Å². The molecule has 0 fully saturated rings. The Morgan fingerprint density at radius 1 is 1.22 bits per heavy atom. The summed E-state index contributed by atoms with van der Waals surface area (Å²) in [6.45, 7) is 1.55. The standard InChI is InChI=1S/C18H14N2O3/c1-11(21)23-10-12-7-9-22-18(12)17-16-14(6-8-19-17)13-4-2-3-5-15(13)20-16/h2-9,20H,10H2,1H3. The zero-order valence-corrected chi connectivity index (χ0v) is 12.5. The SMILES string of the molecule is CC(=O)OCc1ccoc1-c1nccc2c1[nH]c1ccccc12. The molecule has 0 unspecified atom stereocenters. The van der Waals surface area contributed by atoms with Crippen LogP contribution in [-0.4, -0.2) is 15.9 Å². The van der Waals surface area contributed by atoms with Crippen LogP contribution in [0.15, 0.2) is 53.3 Å². The number of furan rings is 1. The van der Waals surface area contributed by atoms with Crippen LogP contribution >= 0.6 is 0 Å². The summed E-state index contributed by atoms with van der Waals surface area (Å²) in [4.78, 5) is 18.9. The third-order valence-corrected chi connectivity index (χ3v) is 3.82. The molecule has 0 atom stereocenters. The van der Waals surface area contributed by atoms with Gasteiger partial charge in [-0.15, -0.1) is 0 Å². The van der Waals surface area contributed by atoms with Crippen molar-refractivity contribution in [3.05, 3.63) is 54.4 Å². The number of carbonyl (C=O) groups excluding carboxylic acids is 1. The topological polar surface area (TPSA) is 68.1 Å². The van der Waals surface area contributed by atoms with Gasteiger partial charge in [0, 0.05) is 35.0 Å². The van der Waals surface area contributed by atoms with Gasteiger partial charge in [-0.05, 0) is 18.2 Å². The first-order valence-corrected chi connectivity index (χ1v) is 7.29. The number of hydrogen-bond acceptors (Lipinski definition) is 4. The van der Waals surface area contributed by atoms with E-state index in [2.05, 4.69) is 16.0 Å². The molecule has 0 radical (unpaired) electrons. The maximum absolute atomic E-state index is 11.0. The molecule has 0 saturated carbocycles. The summed E-state index contributed by atoms with van der Waals surface area (Å²) in [6, 6.07) is 11.9. The van der Waals surface area contributed by atoms with Gasteiger partial charge in [0.15, 0.2) is 5.76 Å². The first kappa shape index (κ1) is 13.6. The second-order valence-electron chi connectivity index (χ2n) is 5.31. The number of aromatic nitrogens is 2. The molecule has 0 spiro atoms. The number of ether oxygens (including phenoxy) is 1. The number of nitrogens with one attached hydrogen (secondary N) is 1. The number of nitrogens with zero attached hydrogens (tertiary/aromatic N) is 1. The Bertz CT molecular complexity index is 1010. The van der Waals surface area contributed by atoms with Crippen LogP contribution in [0.2, 0.25) is 0 Å². The van der Waals surface area contributed by atoms with Gasteiger partial charge in [0.25, 0.3) is 0 Å². The second kappa shape index (κ2) is 5.28. The number of hydrogen-bond donors (Lipinski definition) is 1. The van der Waals surface area contributed by atoms with Gasteiger partial charge in [0.2, 0.25) is 0 Å². The van der Waals surface area contributed by atoms with Gasteiger partial charge in [-0.2, -0.15) is 0 Å². The Hall–Kier alpha value is -3.08. The lowest BCUT2D eigenvalue weighted by Gasteiger charge is -2.04. The highest BCUT2D eigenvalue weighted by molar-refractivity contribution is 6.10. The highest BCUT2D eigenvalue weighted by atomic mass is 16.5. The van der Waals surface area contributed by atoms with Crippen molar-refractivity contribution in [2.75, 3.05) is 0 Å². The number of carbonyl (C=O) groups is 1. The van der Waals surface area contributed by atoms with E-state index in [9.17, 15) is 4.79 Å². The average molecular weight is 306 g/mol. The molecule has 1 aromatic carbocycles. The first-order valence-electron chi connectivity index (χ1n) is 7.29. The van der Waals surface area contributed by atoms with Gasteiger partial charge < -0.3 is 14.1 Å². The molecule has 5 nitrogen and oxygen atoms in total. The average Bonchev–Trinajstić information content (AvgIpc) is 3.16. The predicted molar refractivity (Wildman–Crippen MR) is 86.8 cm³/mol. The van der Waals surface area contributed by atoms with Crippen molar-refractivity contribution in [3.8, 4) is 11.5 Å². The van der Waals surface area contributed by atoms with Crippen LogP contribution in [0, 0.1) is 0 Å². The van der Waals surface area contributed by atoms with Crippen LogP contribution in [0.1, 0.15) is 12.5 Å². The molecular formula is C18H14N2O3. The monoisotopic (exact) mass is 306 g/mol. The summed E-state index contributed by atoms with van der Waals surface area (Å²) in [5, 5.41) is 2.22. The Morgan fingerprint density at radius 3 is 2.96 bits per heavy atom. The van der Waals surface area contributed by atoms with Crippen LogP contribution in [-0.2, 0) is 16.1 Å². The summed E-state index contributed by atoms with van der Waals surface area (Å²) in [5.74, 6) is 0.289. The van der Waals surface area contributed by atoms with Crippen molar-refractivity contribution < 1.29 is 13.9 Å². The van der Waals surface area contributed by atoms with E-state index in [1.165, 1.54) is 6.92 Å². The van der Waals surface area contributed by atoms with E-state index in [1.807, 2.05) is 24.3 Å². The lowest BCUT2D eigenvalue weighted by atomic mass is 10.1. The molecule has 4 rings (SSSR count). The summed E-state index contributed by atoms with van der Waals surface area (Å²) >= 11 is 0. The molecule has 5 heteroatoms. The minimum absolute atomic E-state index is 0.166. The van der Waals surface area contributed by atoms with Crippen LogP contribution in [0.4, 0.5) is 0 Å². The molecule has 0 aliphatic rings. The van der Waals surface area contributed by atoms with E-state index in [0.717, 1.165) is 27.4 Å². The molecular weight excluding hydrogens is 292 g/mol. The lowest BCUT2D eigenvalue weighted by Crippen LogP contribution is -1.99. The number of pyridine rings is 1. The van der Waals surface area contributed by atoms with Crippen molar-refractivity contribution in [2.45, 2.75) is 13.5 Å². The molecule has 3 heterocycles. The molecule has 0 amide bonds. The van der Waals surface area contributed by atoms with E-state index in [4.69, 9.17) is 9.15 Å². The maximum Gasteiger partial charge on any atom is 0.302 e.